The molecule has 0 amide bonds. The van der Waals surface area contributed by atoms with Gasteiger partial charge < -0.3 is 18.9 Å². The van der Waals surface area contributed by atoms with E-state index in [1.54, 1.807) is 0 Å². The number of aromatic nitrogens is 2. The third kappa shape index (κ3) is 2.47. The Balaban J connectivity index is 1.76. The highest BCUT2D eigenvalue weighted by Crippen LogP contribution is 2.30. The number of rotatable bonds is 1. The molecule has 6 nitrogen and oxygen atoms in total. The Labute approximate surface area is 113 Å². The van der Waals surface area contributed by atoms with Crippen LogP contribution in [0.4, 0.5) is 5.95 Å². The molecule has 0 aromatic carbocycles. The molecule has 0 saturated carbocycles. The first-order valence-electron chi connectivity index (χ1n) is 6.79. The Bertz CT molecular complexity index is 446. The van der Waals surface area contributed by atoms with Crippen molar-refractivity contribution in [1.82, 2.24) is 10.1 Å². The fourth-order valence-electron chi connectivity index (χ4n) is 2.49. The molecule has 0 N–H and O–H groups in total. The molecular formula is C13H21N3O3. The van der Waals surface area contributed by atoms with Gasteiger partial charge in [0.2, 0.25) is 5.89 Å². The van der Waals surface area contributed by atoms with Gasteiger partial charge in [0, 0.05) is 25.0 Å². The summed E-state index contributed by atoms with van der Waals surface area (Å²) >= 11 is 0. The van der Waals surface area contributed by atoms with Crippen LogP contribution in [0.3, 0.4) is 0 Å². The first-order valence-corrected chi connectivity index (χ1v) is 6.79. The van der Waals surface area contributed by atoms with Gasteiger partial charge in [-0.2, -0.15) is 4.98 Å². The van der Waals surface area contributed by atoms with Gasteiger partial charge >= 0.3 is 0 Å². The van der Waals surface area contributed by atoms with Crippen LogP contribution in [-0.2, 0) is 14.9 Å². The van der Waals surface area contributed by atoms with Crippen LogP contribution in [0.25, 0.3) is 0 Å². The van der Waals surface area contributed by atoms with Gasteiger partial charge in [-0.1, -0.05) is 20.8 Å². The van der Waals surface area contributed by atoms with Crippen molar-refractivity contribution in [3.8, 4) is 0 Å². The minimum atomic E-state index is -0.180. The molecule has 1 aromatic heterocycles. The quantitative estimate of drug-likeness (QED) is 0.765. The maximum atomic E-state index is 5.90. The highest BCUT2D eigenvalue weighted by atomic mass is 16.6. The molecule has 2 aliphatic rings. The van der Waals surface area contributed by atoms with Crippen molar-refractivity contribution in [3.63, 3.8) is 0 Å². The van der Waals surface area contributed by atoms with Crippen LogP contribution in [0.15, 0.2) is 4.52 Å². The van der Waals surface area contributed by atoms with Gasteiger partial charge in [0.15, 0.2) is 0 Å². The second kappa shape index (κ2) is 4.45. The Hall–Kier alpha value is -1.14. The summed E-state index contributed by atoms with van der Waals surface area (Å²) in [6.45, 7) is 9.88. The van der Waals surface area contributed by atoms with Crippen molar-refractivity contribution in [2.45, 2.75) is 38.2 Å². The standard InChI is InChI=1S/C13H21N3O3/c1-12(2,3)10-14-11(15-19-10)16-5-7-18-13(8-16)4-6-17-9-13/h4-9H2,1-3H3. The molecule has 106 valence electrons. The van der Waals surface area contributed by atoms with Crippen molar-refractivity contribution in [3.05, 3.63) is 5.89 Å². The second-order valence-electron chi connectivity index (χ2n) is 6.41. The third-order valence-corrected chi connectivity index (χ3v) is 3.66. The molecule has 2 saturated heterocycles. The molecule has 19 heavy (non-hydrogen) atoms. The fraction of sp³-hybridized carbons (Fsp3) is 0.846. The topological polar surface area (TPSA) is 60.6 Å². The Morgan fingerprint density at radius 1 is 1.26 bits per heavy atom. The van der Waals surface area contributed by atoms with Crippen molar-refractivity contribution >= 4 is 5.95 Å². The molecule has 6 heteroatoms. The first kappa shape index (κ1) is 12.9. The summed E-state index contributed by atoms with van der Waals surface area (Å²) < 4.78 is 16.7. The summed E-state index contributed by atoms with van der Waals surface area (Å²) in [7, 11) is 0. The first-order chi connectivity index (χ1) is 8.99. The van der Waals surface area contributed by atoms with Crippen molar-refractivity contribution < 1.29 is 14.0 Å². The smallest absolute Gasteiger partial charge is 0.266 e. The predicted octanol–water partition coefficient (Wildman–Crippen LogP) is 1.36. The van der Waals surface area contributed by atoms with Crippen LogP contribution in [0.5, 0.6) is 0 Å². The zero-order chi connectivity index (χ0) is 13.5. The van der Waals surface area contributed by atoms with Crippen LogP contribution in [0, 0.1) is 0 Å². The van der Waals surface area contributed by atoms with Crippen molar-refractivity contribution in [1.29, 1.82) is 0 Å². The van der Waals surface area contributed by atoms with Crippen LogP contribution in [-0.4, -0.2) is 48.7 Å². The van der Waals surface area contributed by atoms with Crippen LogP contribution < -0.4 is 4.90 Å². The molecule has 1 atom stereocenters. The van der Waals surface area contributed by atoms with E-state index >= 15 is 0 Å². The van der Waals surface area contributed by atoms with Gasteiger partial charge in [0.25, 0.3) is 5.95 Å². The van der Waals surface area contributed by atoms with Crippen LogP contribution in [0.2, 0.25) is 0 Å². The van der Waals surface area contributed by atoms with Gasteiger partial charge in [-0.3, -0.25) is 0 Å². The Kier molecular flexibility index (Phi) is 3.02. The minimum absolute atomic E-state index is 0.119. The maximum Gasteiger partial charge on any atom is 0.266 e. The van der Waals surface area contributed by atoms with E-state index in [1.165, 1.54) is 0 Å². The fourth-order valence-corrected chi connectivity index (χ4v) is 2.49. The van der Waals surface area contributed by atoms with E-state index in [0.717, 1.165) is 26.1 Å². The predicted molar refractivity (Wildman–Crippen MR) is 69.3 cm³/mol. The van der Waals surface area contributed by atoms with E-state index in [1.807, 2.05) is 0 Å². The summed E-state index contributed by atoms with van der Waals surface area (Å²) in [6, 6.07) is 0. The molecule has 0 aliphatic carbocycles. The normalized spacial score (nSPS) is 28.3. The zero-order valence-electron chi connectivity index (χ0n) is 11.8. The lowest BCUT2D eigenvalue weighted by Gasteiger charge is -2.38. The van der Waals surface area contributed by atoms with E-state index in [9.17, 15) is 0 Å². The lowest BCUT2D eigenvalue weighted by molar-refractivity contribution is -0.0583. The van der Waals surface area contributed by atoms with Crippen LogP contribution >= 0.6 is 0 Å². The largest absolute Gasteiger partial charge is 0.378 e. The molecule has 1 spiro atoms. The molecule has 1 aromatic rings. The number of hydrogen-bond acceptors (Lipinski definition) is 6. The number of anilines is 1. The summed E-state index contributed by atoms with van der Waals surface area (Å²) in [4.78, 5) is 6.65. The molecule has 2 aliphatic heterocycles. The second-order valence-corrected chi connectivity index (χ2v) is 6.41. The number of nitrogens with zero attached hydrogens (tertiary/aromatic N) is 3. The van der Waals surface area contributed by atoms with E-state index < -0.39 is 0 Å². The van der Waals surface area contributed by atoms with E-state index in [2.05, 4.69) is 35.8 Å². The highest BCUT2D eigenvalue weighted by Gasteiger charge is 2.41. The molecular weight excluding hydrogens is 246 g/mol. The average Bonchev–Trinajstić information content (AvgIpc) is 2.98. The van der Waals surface area contributed by atoms with E-state index in [-0.39, 0.29) is 11.0 Å². The monoisotopic (exact) mass is 267 g/mol. The van der Waals surface area contributed by atoms with Gasteiger partial charge in [0.05, 0.1) is 19.8 Å². The molecule has 0 bridgehead atoms. The average molecular weight is 267 g/mol. The molecule has 0 radical (unpaired) electrons. The van der Waals surface area contributed by atoms with E-state index in [0.29, 0.717) is 25.1 Å². The lowest BCUT2D eigenvalue weighted by atomic mass is 9.97. The lowest BCUT2D eigenvalue weighted by Crippen LogP contribution is -2.52. The maximum absolute atomic E-state index is 5.90. The Morgan fingerprint density at radius 2 is 2.11 bits per heavy atom. The molecule has 3 heterocycles. The summed E-state index contributed by atoms with van der Waals surface area (Å²) in [6.07, 6.45) is 0.938. The SMILES string of the molecule is CC(C)(C)c1nc(N2CCOC3(CCOC3)C2)no1. The molecule has 3 rings (SSSR count). The van der Waals surface area contributed by atoms with Crippen molar-refractivity contribution in [2.75, 3.05) is 37.8 Å². The van der Waals surface area contributed by atoms with Gasteiger partial charge in [-0.15, -0.1) is 0 Å². The number of hydrogen-bond donors (Lipinski definition) is 0. The van der Waals surface area contributed by atoms with Gasteiger partial charge in [-0.25, -0.2) is 0 Å². The summed E-state index contributed by atoms with van der Waals surface area (Å²) in [5.41, 5.74) is -0.299. The van der Waals surface area contributed by atoms with Crippen LogP contribution in [0.1, 0.15) is 33.1 Å². The third-order valence-electron chi connectivity index (χ3n) is 3.66. The molecule has 2 fully saturated rings. The summed E-state index contributed by atoms with van der Waals surface area (Å²) in [5.74, 6) is 1.34. The van der Waals surface area contributed by atoms with E-state index in [4.69, 9.17) is 14.0 Å². The van der Waals surface area contributed by atoms with Gasteiger partial charge in [-0.05, 0) is 5.16 Å². The molecule has 1 unspecified atom stereocenters. The number of ether oxygens (including phenoxy) is 2. The minimum Gasteiger partial charge on any atom is -0.378 e. The Morgan fingerprint density at radius 3 is 2.74 bits per heavy atom. The zero-order valence-corrected chi connectivity index (χ0v) is 11.8. The highest BCUT2D eigenvalue weighted by molar-refractivity contribution is 5.31. The summed E-state index contributed by atoms with van der Waals surface area (Å²) in [5, 5.41) is 4.10. The van der Waals surface area contributed by atoms with Crippen molar-refractivity contribution in [2.24, 2.45) is 0 Å². The number of morpholine rings is 1. The van der Waals surface area contributed by atoms with Gasteiger partial charge in [0.1, 0.15) is 5.60 Å².